The Morgan fingerprint density at radius 2 is 2.00 bits per heavy atom. The van der Waals surface area contributed by atoms with Crippen molar-refractivity contribution in [3.05, 3.63) is 81.7 Å². The zero-order chi connectivity index (χ0) is 21.7. The largest absolute Gasteiger partial charge is 0.329 e. The Balaban J connectivity index is 1.45. The molecule has 0 spiro atoms. The van der Waals surface area contributed by atoms with E-state index in [1.807, 2.05) is 18.5 Å². The lowest BCUT2D eigenvalue weighted by molar-refractivity contribution is 0.200. The van der Waals surface area contributed by atoms with Crippen molar-refractivity contribution in [3.8, 4) is 0 Å². The lowest BCUT2D eigenvalue weighted by Crippen LogP contribution is -2.33. The van der Waals surface area contributed by atoms with Crippen molar-refractivity contribution in [2.24, 2.45) is 0 Å². The van der Waals surface area contributed by atoms with E-state index in [9.17, 15) is 9.18 Å². The first-order chi connectivity index (χ1) is 15.7. The summed E-state index contributed by atoms with van der Waals surface area (Å²) in [4.78, 5) is 27.1. The first-order valence-corrected chi connectivity index (χ1v) is 11.6. The van der Waals surface area contributed by atoms with Gasteiger partial charge in [-0.25, -0.2) is 9.37 Å². The molecule has 5 aromatic rings. The third-order valence-electron chi connectivity index (χ3n) is 6.37. The summed E-state index contributed by atoms with van der Waals surface area (Å²) in [5.74, 6) is -0.00794. The number of benzene rings is 2. The lowest BCUT2D eigenvalue weighted by Gasteiger charge is -2.31. The van der Waals surface area contributed by atoms with Gasteiger partial charge in [0.05, 0.1) is 20.6 Å². The molecule has 1 aliphatic heterocycles. The maximum absolute atomic E-state index is 14.1. The second-order valence-electron chi connectivity index (χ2n) is 8.44. The van der Waals surface area contributed by atoms with E-state index in [2.05, 4.69) is 27.0 Å². The number of fused-ring (bicyclic) bond motifs is 6. The fourth-order valence-corrected chi connectivity index (χ4v) is 6.13. The predicted molar refractivity (Wildman–Crippen MR) is 127 cm³/mol. The molecule has 0 bridgehead atoms. The summed E-state index contributed by atoms with van der Waals surface area (Å²) in [5, 5.41) is 3.92. The van der Waals surface area contributed by atoms with Crippen LogP contribution in [0.4, 0.5) is 4.39 Å². The molecule has 5 nitrogen and oxygen atoms in total. The molecule has 160 valence electrons. The minimum atomic E-state index is -0.351. The molecule has 1 aliphatic rings. The highest BCUT2D eigenvalue weighted by atomic mass is 32.1. The third-order valence-corrected chi connectivity index (χ3v) is 7.62. The molecule has 1 unspecified atom stereocenters. The number of rotatable bonds is 3. The highest BCUT2D eigenvalue weighted by Gasteiger charge is 2.25. The van der Waals surface area contributed by atoms with Crippen LogP contribution in [0.1, 0.15) is 29.3 Å². The second-order valence-corrected chi connectivity index (χ2v) is 9.48. The van der Waals surface area contributed by atoms with Crippen molar-refractivity contribution in [2.75, 3.05) is 13.1 Å². The Labute approximate surface area is 187 Å². The van der Waals surface area contributed by atoms with Crippen molar-refractivity contribution in [2.45, 2.75) is 25.3 Å². The molecule has 0 amide bonds. The van der Waals surface area contributed by atoms with Crippen molar-refractivity contribution >= 4 is 43.1 Å². The normalized spacial score (nSPS) is 17.5. The molecule has 0 saturated carbocycles. The van der Waals surface area contributed by atoms with Gasteiger partial charge >= 0.3 is 0 Å². The van der Waals surface area contributed by atoms with Crippen LogP contribution in [0.25, 0.3) is 31.8 Å². The number of halogens is 1. The molecule has 6 rings (SSSR count). The van der Waals surface area contributed by atoms with E-state index in [0.717, 1.165) is 58.5 Å². The number of piperidine rings is 1. The topological polar surface area (TPSA) is 61.9 Å². The Hall–Kier alpha value is -3.16. The maximum atomic E-state index is 14.1. The number of aromatic nitrogens is 3. The van der Waals surface area contributed by atoms with Crippen LogP contribution in [0.3, 0.4) is 0 Å². The van der Waals surface area contributed by atoms with Gasteiger partial charge in [-0.1, -0.05) is 0 Å². The van der Waals surface area contributed by atoms with Crippen LogP contribution in [-0.2, 0) is 6.54 Å². The molecule has 2 aromatic carbocycles. The minimum absolute atomic E-state index is 0.198. The van der Waals surface area contributed by atoms with E-state index in [-0.39, 0.29) is 11.4 Å². The summed E-state index contributed by atoms with van der Waals surface area (Å²) in [6.07, 6.45) is 7.55. The number of H-pyrrole nitrogens is 1. The number of hydrogen-bond acceptors (Lipinski definition) is 5. The molecule has 1 N–H and O–H groups in total. The molecule has 1 atom stereocenters. The lowest BCUT2D eigenvalue weighted by atomic mass is 9.98. The second kappa shape index (κ2) is 7.76. The van der Waals surface area contributed by atoms with E-state index >= 15 is 0 Å². The average Bonchev–Trinajstić information content (AvgIpc) is 3.26. The standard InChI is InChI=1S/C25H21FN4OS/c26-17-3-4-18-20(12-17)21-19(7-10-28-24(21)31)23-22(18)29-25(32-23)16-2-1-11-30(14-16)13-15-5-8-27-9-6-15/h3-10,12,16H,1-2,11,13-14H2,(H,28,31). The van der Waals surface area contributed by atoms with Crippen molar-refractivity contribution in [1.29, 1.82) is 0 Å². The van der Waals surface area contributed by atoms with Gasteiger partial charge in [-0.15, -0.1) is 11.3 Å². The monoisotopic (exact) mass is 444 g/mol. The Morgan fingerprint density at radius 3 is 2.88 bits per heavy atom. The summed E-state index contributed by atoms with van der Waals surface area (Å²) >= 11 is 1.68. The van der Waals surface area contributed by atoms with E-state index < -0.39 is 0 Å². The molecule has 1 saturated heterocycles. The van der Waals surface area contributed by atoms with E-state index in [1.54, 1.807) is 23.6 Å². The molecular weight excluding hydrogens is 423 g/mol. The summed E-state index contributed by atoms with van der Waals surface area (Å²) in [6.45, 7) is 2.93. The summed E-state index contributed by atoms with van der Waals surface area (Å²) in [6, 6.07) is 10.7. The van der Waals surface area contributed by atoms with Crippen LogP contribution in [0.15, 0.2) is 59.8 Å². The number of nitrogens with zero attached hydrogens (tertiary/aromatic N) is 3. The highest BCUT2D eigenvalue weighted by molar-refractivity contribution is 7.19. The number of aromatic amines is 1. The quantitative estimate of drug-likeness (QED) is 0.388. The SMILES string of the molecule is O=c1[nH]ccc2c3sc(C4CCCN(Cc5ccncc5)C4)nc3c3ccc(F)cc3c12. The predicted octanol–water partition coefficient (Wildman–Crippen LogP) is 5.20. The molecular formula is C25H21FN4OS. The van der Waals surface area contributed by atoms with Crippen molar-refractivity contribution in [3.63, 3.8) is 0 Å². The number of hydrogen-bond donors (Lipinski definition) is 1. The van der Waals surface area contributed by atoms with Crippen molar-refractivity contribution < 1.29 is 4.39 Å². The molecule has 0 radical (unpaired) electrons. The summed E-state index contributed by atoms with van der Waals surface area (Å²) in [7, 11) is 0. The summed E-state index contributed by atoms with van der Waals surface area (Å²) in [5.41, 5.74) is 1.93. The average molecular weight is 445 g/mol. The zero-order valence-electron chi connectivity index (χ0n) is 17.3. The van der Waals surface area contributed by atoms with Gasteiger partial charge in [-0.05, 0) is 61.3 Å². The minimum Gasteiger partial charge on any atom is -0.329 e. The molecule has 3 aromatic heterocycles. The van der Waals surface area contributed by atoms with Crippen LogP contribution in [0.2, 0.25) is 0 Å². The molecule has 32 heavy (non-hydrogen) atoms. The molecule has 4 heterocycles. The van der Waals surface area contributed by atoms with Crippen LogP contribution in [-0.4, -0.2) is 32.9 Å². The van der Waals surface area contributed by atoms with Gasteiger partial charge in [-0.3, -0.25) is 14.7 Å². The van der Waals surface area contributed by atoms with Crippen LogP contribution in [0.5, 0.6) is 0 Å². The fourth-order valence-electron chi connectivity index (χ4n) is 4.89. The Kier molecular flexibility index (Phi) is 4.73. The maximum Gasteiger partial charge on any atom is 0.256 e. The van der Waals surface area contributed by atoms with Gasteiger partial charge in [0.25, 0.3) is 5.56 Å². The smallest absolute Gasteiger partial charge is 0.256 e. The molecule has 0 aliphatic carbocycles. The van der Waals surface area contributed by atoms with Gasteiger partial charge in [0.2, 0.25) is 0 Å². The number of pyridine rings is 2. The fraction of sp³-hybridized carbons (Fsp3) is 0.240. The Morgan fingerprint density at radius 1 is 1.12 bits per heavy atom. The van der Waals surface area contributed by atoms with Crippen LogP contribution >= 0.6 is 11.3 Å². The van der Waals surface area contributed by atoms with Gasteiger partial charge in [-0.2, -0.15) is 0 Å². The molecule has 7 heteroatoms. The van der Waals surface area contributed by atoms with Gasteiger partial charge in [0, 0.05) is 53.8 Å². The van der Waals surface area contributed by atoms with Crippen LogP contribution < -0.4 is 5.56 Å². The molecule has 1 fully saturated rings. The van der Waals surface area contributed by atoms with E-state index in [1.165, 1.54) is 17.7 Å². The number of thiazole rings is 1. The first-order valence-electron chi connectivity index (χ1n) is 10.8. The van der Waals surface area contributed by atoms with Crippen molar-refractivity contribution in [1.82, 2.24) is 19.9 Å². The first kappa shape index (κ1) is 19.5. The number of likely N-dealkylation sites (tertiary alicyclic amines) is 1. The van der Waals surface area contributed by atoms with E-state index in [4.69, 9.17) is 4.98 Å². The van der Waals surface area contributed by atoms with Gasteiger partial charge in [0.1, 0.15) is 5.82 Å². The van der Waals surface area contributed by atoms with Gasteiger partial charge < -0.3 is 4.98 Å². The third kappa shape index (κ3) is 3.29. The zero-order valence-corrected chi connectivity index (χ0v) is 18.2. The van der Waals surface area contributed by atoms with Crippen LogP contribution in [0, 0.1) is 5.82 Å². The highest BCUT2D eigenvalue weighted by Crippen LogP contribution is 2.40. The summed E-state index contributed by atoms with van der Waals surface area (Å²) < 4.78 is 15.1. The van der Waals surface area contributed by atoms with E-state index in [0.29, 0.717) is 16.7 Å². The van der Waals surface area contributed by atoms with Gasteiger partial charge in [0.15, 0.2) is 0 Å². The Bertz CT molecular complexity index is 1510. The number of nitrogens with one attached hydrogen (secondary N) is 1.